The quantitative estimate of drug-likeness (QED) is 0.812. The molecule has 0 spiro atoms. The highest BCUT2D eigenvalue weighted by molar-refractivity contribution is 5.43. The predicted molar refractivity (Wildman–Crippen MR) is 88.8 cm³/mol. The van der Waals surface area contributed by atoms with Gasteiger partial charge in [0.25, 0.3) is 0 Å². The van der Waals surface area contributed by atoms with Gasteiger partial charge in [0, 0.05) is 0 Å². The van der Waals surface area contributed by atoms with E-state index in [4.69, 9.17) is 0 Å². The van der Waals surface area contributed by atoms with Gasteiger partial charge >= 0.3 is 0 Å². The maximum absolute atomic E-state index is 10.8. The summed E-state index contributed by atoms with van der Waals surface area (Å²) in [7, 11) is 0. The number of hydrogen-bond acceptors (Lipinski definition) is 2. The third-order valence-electron chi connectivity index (χ3n) is 5.79. The lowest BCUT2D eigenvalue weighted by Gasteiger charge is -2.52. The molecule has 0 bridgehead atoms. The number of fused-ring (bicyclic) bond motifs is 3. The van der Waals surface area contributed by atoms with Crippen molar-refractivity contribution < 1.29 is 10.2 Å². The second-order valence-corrected chi connectivity index (χ2v) is 7.09. The Hall–Kier alpha value is -1.46. The number of phenols is 1. The molecule has 0 heterocycles. The minimum atomic E-state index is -0.801. The standard InChI is InChI=1S/C20H26O2/c1-3-9-19(22)11-12-20(10-4-2)16(14-19)6-5-15-13-17(21)7-8-18(15)20/h7-8,13,16,21-22H,4-6,10-12,14H2,1-2H3/t16-,19-,20-/m1/s1. The summed E-state index contributed by atoms with van der Waals surface area (Å²) in [6, 6.07) is 5.89. The number of rotatable bonds is 2. The zero-order chi connectivity index (χ0) is 15.8. The number of phenolic OH excluding ortho intramolecular Hbond substituents is 1. The Labute approximate surface area is 133 Å². The molecule has 2 heteroatoms. The minimum Gasteiger partial charge on any atom is -0.508 e. The van der Waals surface area contributed by atoms with E-state index in [0.29, 0.717) is 11.7 Å². The van der Waals surface area contributed by atoms with Gasteiger partial charge in [-0.1, -0.05) is 25.3 Å². The molecular formula is C20H26O2. The van der Waals surface area contributed by atoms with Gasteiger partial charge < -0.3 is 10.2 Å². The van der Waals surface area contributed by atoms with E-state index in [2.05, 4.69) is 24.8 Å². The largest absolute Gasteiger partial charge is 0.508 e. The van der Waals surface area contributed by atoms with Crippen molar-refractivity contribution in [1.29, 1.82) is 0 Å². The summed E-state index contributed by atoms with van der Waals surface area (Å²) in [6.45, 7) is 4.05. The van der Waals surface area contributed by atoms with Crippen LogP contribution in [-0.4, -0.2) is 15.8 Å². The fraction of sp³-hybridized carbons (Fsp3) is 0.600. The maximum atomic E-state index is 10.8. The fourth-order valence-electron chi connectivity index (χ4n) is 4.93. The van der Waals surface area contributed by atoms with Gasteiger partial charge in [0.1, 0.15) is 11.4 Å². The first-order valence-corrected chi connectivity index (χ1v) is 8.52. The molecule has 0 amide bonds. The van der Waals surface area contributed by atoms with Crippen molar-refractivity contribution in [2.45, 2.75) is 69.8 Å². The summed E-state index contributed by atoms with van der Waals surface area (Å²) in [5.41, 5.74) is 2.08. The van der Waals surface area contributed by atoms with Gasteiger partial charge in [0.15, 0.2) is 0 Å². The SMILES string of the molecule is CC#C[C@@]1(O)CC[C@@]2(CCC)c3ccc(O)cc3CC[C@@H]2C1. The van der Waals surface area contributed by atoms with Crippen LogP contribution in [0.15, 0.2) is 18.2 Å². The van der Waals surface area contributed by atoms with E-state index in [1.807, 2.05) is 19.1 Å². The Morgan fingerprint density at radius 1 is 1.32 bits per heavy atom. The van der Waals surface area contributed by atoms with Gasteiger partial charge in [-0.05, 0) is 80.0 Å². The maximum Gasteiger partial charge on any atom is 0.125 e. The van der Waals surface area contributed by atoms with Crippen LogP contribution in [0.4, 0.5) is 0 Å². The zero-order valence-corrected chi connectivity index (χ0v) is 13.7. The third kappa shape index (κ3) is 2.42. The van der Waals surface area contributed by atoms with Crippen molar-refractivity contribution >= 4 is 0 Å². The highest BCUT2D eigenvalue weighted by Crippen LogP contribution is 2.55. The van der Waals surface area contributed by atoms with Gasteiger partial charge in [-0.2, -0.15) is 0 Å². The van der Waals surface area contributed by atoms with Crippen molar-refractivity contribution in [2.24, 2.45) is 5.92 Å². The zero-order valence-electron chi connectivity index (χ0n) is 13.7. The van der Waals surface area contributed by atoms with Crippen LogP contribution in [-0.2, 0) is 11.8 Å². The molecule has 0 aliphatic heterocycles. The molecular weight excluding hydrogens is 272 g/mol. The molecule has 0 unspecified atom stereocenters. The van der Waals surface area contributed by atoms with Crippen LogP contribution in [0.2, 0.25) is 0 Å². The molecule has 0 saturated heterocycles. The highest BCUT2D eigenvalue weighted by atomic mass is 16.3. The number of hydrogen-bond donors (Lipinski definition) is 2. The lowest BCUT2D eigenvalue weighted by molar-refractivity contribution is -0.0109. The minimum absolute atomic E-state index is 0.164. The first-order valence-electron chi connectivity index (χ1n) is 8.52. The van der Waals surface area contributed by atoms with E-state index in [0.717, 1.165) is 44.9 Å². The van der Waals surface area contributed by atoms with E-state index in [9.17, 15) is 10.2 Å². The Balaban J connectivity index is 2.03. The van der Waals surface area contributed by atoms with Crippen LogP contribution < -0.4 is 0 Å². The number of aromatic hydroxyl groups is 1. The second-order valence-electron chi connectivity index (χ2n) is 7.09. The molecule has 1 fully saturated rings. The lowest BCUT2D eigenvalue weighted by atomic mass is 9.53. The highest BCUT2D eigenvalue weighted by Gasteiger charge is 2.50. The smallest absolute Gasteiger partial charge is 0.125 e. The Bertz CT molecular complexity index is 624. The molecule has 3 rings (SSSR count). The van der Waals surface area contributed by atoms with E-state index >= 15 is 0 Å². The summed E-state index contributed by atoms with van der Waals surface area (Å²) in [5, 5.41) is 20.6. The molecule has 2 nitrogen and oxygen atoms in total. The van der Waals surface area contributed by atoms with Crippen LogP contribution in [0.5, 0.6) is 5.75 Å². The molecule has 118 valence electrons. The molecule has 22 heavy (non-hydrogen) atoms. The Morgan fingerprint density at radius 3 is 2.86 bits per heavy atom. The lowest BCUT2D eigenvalue weighted by Crippen LogP contribution is -2.49. The second kappa shape index (κ2) is 5.63. The molecule has 1 aromatic rings. The van der Waals surface area contributed by atoms with Gasteiger partial charge in [-0.15, -0.1) is 5.92 Å². The number of aryl methyl sites for hydroxylation is 1. The summed E-state index contributed by atoms with van der Waals surface area (Å²) in [5.74, 6) is 6.82. The van der Waals surface area contributed by atoms with Crippen molar-refractivity contribution in [3.63, 3.8) is 0 Å². The third-order valence-corrected chi connectivity index (χ3v) is 5.79. The summed E-state index contributed by atoms with van der Waals surface area (Å²) < 4.78 is 0. The predicted octanol–water partition coefficient (Wildman–Crippen LogP) is 3.93. The van der Waals surface area contributed by atoms with Crippen molar-refractivity contribution in [3.8, 4) is 17.6 Å². The topological polar surface area (TPSA) is 40.5 Å². The first-order chi connectivity index (χ1) is 10.5. The van der Waals surface area contributed by atoms with Crippen LogP contribution in [0.25, 0.3) is 0 Å². The van der Waals surface area contributed by atoms with Gasteiger partial charge in [0.05, 0.1) is 0 Å². The number of aliphatic hydroxyl groups is 1. The fourth-order valence-corrected chi connectivity index (χ4v) is 4.93. The van der Waals surface area contributed by atoms with E-state index < -0.39 is 5.60 Å². The monoisotopic (exact) mass is 298 g/mol. The average molecular weight is 298 g/mol. The first kappa shape index (κ1) is 15.4. The molecule has 0 aromatic heterocycles. The summed E-state index contributed by atoms with van der Waals surface area (Å²) >= 11 is 0. The molecule has 1 saturated carbocycles. The molecule has 3 atom stereocenters. The van der Waals surface area contributed by atoms with Crippen LogP contribution in [0.3, 0.4) is 0 Å². The van der Waals surface area contributed by atoms with Crippen LogP contribution in [0.1, 0.15) is 63.5 Å². The van der Waals surface area contributed by atoms with E-state index in [-0.39, 0.29) is 5.41 Å². The molecule has 1 aromatic carbocycles. The van der Waals surface area contributed by atoms with Crippen LogP contribution in [0, 0.1) is 17.8 Å². The van der Waals surface area contributed by atoms with Crippen molar-refractivity contribution in [2.75, 3.05) is 0 Å². The molecule has 2 aliphatic rings. The van der Waals surface area contributed by atoms with E-state index in [1.165, 1.54) is 11.1 Å². The normalized spacial score (nSPS) is 33.3. The van der Waals surface area contributed by atoms with Crippen LogP contribution >= 0.6 is 0 Å². The Morgan fingerprint density at radius 2 is 2.14 bits per heavy atom. The molecule has 2 N–H and O–H groups in total. The van der Waals surface area contributed by atoms with Gasteiger partial charge in [-0.3, -0.25) is 0 Å². The average Bonchev–Trinajstić information content (AvgIpc) is 2.48. The molecule has 2 aliphatic carbocycles. The van der Waals surface area contributed by atoms with Crippen molar-refractivity contribution in [1.82, 2.24) is 0 Å². The van der Waals surface area contributed by atoms with Gasteiger partial charge in [-0.25, -0.2) is 0 Å². The molecule has 0 radical (unpaired) electrons. The summed E-state index contributed by atoms with van der Waals surface area (Å²) in [6.07, 6.45) is 6.92. The summed E-state index contributed by atoms with van der Waals surface area (Å²) in [4.78, 5) is 0. The van der Waals surface area contributed by atoms with Gasteiger partial charge in [0.2, 0.25) is 0 Å². The number of benzene rings is 1. The van der Waals surface area contributed by atoms with E-state index in [1.54, 1.807) is 0 Å². The Kier molecular flexibility index (Phi) is 3.95. The van der Waals surface area contributed by atoms with Crippen molar-refractivity contribution in [3.05, 3.63) is 29.3 Å².